The Morgan fingerprint density at radius 1 is 0.900 bits per heavy atom. The summed E-state index contributed by atoms with van der Waals surface area (Å²) >= 11 is 5.91. The molecule has 0 saturated heterocycles. The maximum atomic E-state index is 12.9. The van der Waals surface area contributed by atoms with Crippen LogP contribution in [0.3, 0.4) is 0 Å². The predicted octanol–water partition coefficient (Wildman–Crippen LogP) is 6.08. The topological polar surface area (TPSA) is 69.7 Å². The lowest BCUT2D eigenvalue weighted by molar-refractivity contribution is 0.0704. The van der Waals surface area contributed by atoms with Crippen LogP contribution in [-0.4, -0.2) is 5.97 Å². The van der Waals surface area contributed by atoms with Crippen molar-refractivity contribution in [3.8, 4) is 16.9 Å². The minimum absolute atomic E-state index is 0.0934. The number of fused-ring (bicyclic) bond motifs is 2. The number of ether oxygens (including phenoxy) is 1. The van der Waals surface area contributed by atoms with Crippen LogP contribution in [0.25, 0.3) is 33.1 Å². The predicted molar refractivity (Wildman–Crippen MR) is 114 cm³/mol. The van der Waals surface area contributed by atoms with Crippen LogP contribution < -0.4 is 10.2 Å². The van der Waals surface area contributed by atoms with Crippen molar-refractivity contribution in [2.75, 3.05) is 0 Å². The molecule has 0 aliphatic rings. The Labute approximate surface area is 175 Å². The monoisotopic (exact) mass is 416 g/mol. The van der Waals surface area contributed by atoms with E-state index in [0.717, 1.165) is 5.39 Å². The standard InChI is InChI=1S/C24H13ClO5/c25-16-7-5-14(6-8-16)19-13-28-21-12-17(9-10-18(21)23(19)26)29-24(27)22-11-15-3-1-2-4-20(15)30-22/h1-13H. The summed E-state index contributed by atoms with van der Waals surface area (Å²) in [6, 6.07) is 20.5. The van der Waals surface area contributed by atoms with Crippen LogP contribution >= 0.6 is 11.6 Å². The van der Waals surface area contributed by atoms with Crippen molar-refractivity contribution in [3.63, 3.8) is 0 Å². The molecule has 5 rings (SSSR count). The molecule has 0 aliphatic carbocycles. The summed E-state index contributed by atoms with van der Waals surface area (Å²) in [7, 11) is 0. The van der Waals surface area contributed by atoms with Crippen molar-refractivity contribution in [2.24, 2.45) is 0 Å². The number of rotatable bonds is 3. The first-order chi connectivity index (χ1) is 14.6. The Morgan fingerprint density at radius 3 is 2.50 bits per heavy atom. The van der Waals surface area contributed by atoms with Gasteiger partial charge in [0.25, 0.3) is 0 Å². The van der Waals surface area contributed by atoms with Crippen molar-refractivity contribution >= 4 is 39.5 Å². The van der Waals surface area contributed by atoms with Crippen molar-refractivity contribution in [1.82, 2.24) is 0 Å². The van der Waals surface area contributed by atoms with Gasteiger partial charge in [-0.1, -0.05) is 41.9 Å². The van der Waals surface area contributed by atoms with Crippen LogP contribution in [0.15, 0.2) is 92.7 Å². The number of benzene rings is 3. The normalized spacial score (nSPS) is 11.1. The van der Waals surface area contributed by atoms with E-state index in [-0.39, 0.29) is 16.9 Å². The van der Waals surface area contributed by atoms with E-state index >= 15 is 0 Å². The van der Waals surface area contributed by atoms with E-state index in [4.69, 9.17) is 25.2 Å². The first-order valence-corrected chi connectivity index (χ1v) is 9.48. The molecule has 146 valence electrons. The molecule has 0 saturated carbocycles. The molecular weight excluding hydrogens is 404 g/mol. The van der Waals surface area contributed by atoms with E-state index in [1.807, 2.05) is 18.2 Å². The Bertz CT molecular complexity index is 1430. The number of carbonyl (C=O) groups is 1. The molecule has 3 aromatic carbocycles. The van der Waals surface area contributed by atoms with Gasteiger partial charge in [-0.3, -0.25) is 4.79 Å². The van der Waals surface area contributed by atoms with Gasteiger partial charge in [-0.25, -0.2) is 4.79 Å². The fourth-order valence-electron chi connectivity index (χ4n) is 3.24. The lowest BCUT2D eigenvalue weighted by Gasteiger charge is -2.05. The summed E-state index contributed by atoms with van der Waals surface area (Å²) in [5, 5.41) is 1.77. The number of hydrogen-bond acceptors (Lipinski definition) is 5. The fraction of sp³-hybridized carbons (Fsp3) is 0. The SMILES string of the molecule is O=C(Oc1ccc2c(=O)c(-c3ccc(Cl)cc3)coc2c1)c1cc2ccccc2o1. The van der Waals surface area contributed by atoms with E-state index in [0.29, 0.717) is 32.7 Å². The summed E-state index contributed by atoms with van der Waals surface area (Å²) in [4.78, 5) is 25.3. The molecule has 0 radical (unpaired) electrons. The molecule has 2 heterocycles. The third kappa shape index (κ3) is 3.25. The third-order valence-electron chi connectivity index (χ3n) is 4.74. The van der Waals surface area contributed by atoms with Gasteiger partial charge in [0.2, 0.25) is 5.76 Å². The van der Waals surface area contributed by atoms with E-state index in [2.05, 4.69) is 0 Å². The Hall–Kier alpha value is -3.83. The van der Waals surface area contributed by atoms with Crippen molar-refractivity contribution in [3.05, 3.63) is 100 Å². The molecule has 0 N–H and O–H groups in total. The van der Waals surface area contributed by atoms with Gasteiger partial charge < -0.3 is 13.6 Å². The molecule has 0 aliphatic heterocycles. The van der Waals surface area contributed by atoms with E-state index in [1.54, 1.807) is 48.5 Å². The van der Waals surface area contributed by atoms with Crippen LogP contribution in [0.2, 0.25) is 5.02 Å². The second kappa shape index (κ2) is 7.21. The highest BCUT2D eigenvalue weighted by Crippen LogP contribution is 2.25. The number of furan rings is 1. The molecule has 5 nitrogen and oxygen atoms in total. The summed E-state index contributed by atoms with van der Waals surface area (Å²) in [6.45, 7) is 0. The summed E-state index contributed by atoms with van der Waals surface area (Å²) in [5.74, 6) is -0.295. The molecular formula is C24H13ClO5. The third-order valence-corrected chi connectivity index (χ3v) is 4.99. The minimum atomic E-state index is -0.634. The zero-order valence-electron chi connectivity index (χ0n) is 15.4. The van der Waals surface area contributed by atoms with Gasteiger partial charge in [-0.2, -0.15) is 0 Å². The van der Waals surface area contributed by atoms with Gasteiger partial charge in [0.15, 0.2) is 5.43 Å². The smallest absolute Gasteiger partial charge is 0.379 e. The number of carbonyl (C=O) groups excluding carboxylic acids is 1. The Morgan fingerprint density at radius 2 is 1.70 bits per heavy atom. The largest absolute Gasteiger partial charge is 0.463 e. The second-order valence-corrected chi connectivity index (χ2v) is 7.12. The lowest BCUT2D eigenvalue weighted by atomic mass is 10.1. The van der Waals surface area contributed by atoms with Crippen molar-refractivity contribution < 1.29 is 18.4 Å². The molecule has 6 heteroatoms. The van der Waals surface area contributed by atoms with Crippen LogP contribution in [-0.2, 0) is 0 Å². The maximum absolute atomic E-state index is 12.9. The minimum Gasteiger partial charge on any atom is -0.463 e. The van der Waals surface area contributed by atoms with E-state index < -0.39 is 5.97 Å². The van der Waals surface area contributed by atoms with Crippen molar-refractivity contribution in [1.29, 1.82) is 0 Å². The number of halogens is 1. The second-order valence-electron chi connectivity index (χ2n) is 6.68. The van der Waals surface area contributed by atoms with Crippen LogP contribution in [0.5, 0.6) is 5.75 Å². The van der Waals surface area contributed by atoms with E-state index in [1.165, 1.54) is 12.3 Å². The highest BCUT2D eigenvalue weighted by molar-refractivity contribution is 6.30. The van der Waals surface area contributed by atoms with E-state index in [9.17, 15) is 9.59 Å². The van der Waals surface area contributed by atoms with Crippen LogP contribution in [0.4, 0.5) is 0 Å². The summed E-state index contributed by atoms with van der Waals surface area (Å²) < 4.78 is 16.6. The number of hydrogen-bond donors (Lipinski definition) is 0. The van der Waals surface area contributed by atoms with Crippen LogP contribution in [0.1, 0.15) is 10.6 Å². The fourth-order valence-corrected chi connectivity index (χ4v) is 3.37. The van der Waals surface area contributed by atoms with Gasteiger partial charge in [0.05, 0.1) is 10.9 Å². The first kappa shape index (κ1) is 18.2. The van der Waals surface area contributed by atoms with Crippen molar-refractivity contribution in [2.45, 2.75) is 0 Å². The quantitative estimate of drug-likeness (QED) is 0.263. The molecule has 0 amide bonds. The van der Waals surface area contributed by atoms with Gasteiger partial charge in [0, 0.05) is 16.5 Å². The molecule has 0 bridgehead atoms. The average Bonchev–Trinajstić information content (AvgIpc) is 3.19. The first-order valence-electron chi connectivity index (χ1n) is 9.11. The molecule has 0 spiro atoms. The molecule has 0 unspecified atom stereocenters. The van der Waals surface area contributed by atoms with Crippen LogP contribution in [0, 0.1) is 0 Å². The number of esters is 1. The highest BCUT2D eigenvalue weighted by Gasteiger charge is 2.16. The van der Waals surface area contributed by atoms with Gasteiger partial charge in [0.1, 0.15) is 23.2 Å². The van der Waals surface area contributed by atoms with Gasteiger partial charge in [-0.15, -0.1) is 0 Å². The Balaban J connectivity index is 1.46. The van der Waals surface area contributed by atoms with Gasteiger partial charge in [-0.05, 0) is 42.0 Å². The maximum Gasteiger partial charge on any atom is 0.379 e. The molecule has 0 atom stereocenters. The molecule has 30 heavy (non-hydrogen) atoms. The zero-order valence-corrected chi connectivity index (χ0v) is 16.2. The summed E-state index contributed by atoms with van der Waals surface area (Å²) in [6.07, 6.45) is 1.39. The lowest BCUT2D eigenvalue weighted by Crippen LogP contribution is -2.08. The molecule has 0 fully saturated rings. The average molecular weight is 417 g/mol. The highest BCUT2D eigenvalue weighted by atomic mass is 35.5. The molecule has 2 aromatic heterocycles. The zero-order chi connectivity index (χ0) is 20.7. The number of para-hydroxylation sites is 1. The Kier molecular flexibility index (Phi) is 4.38. The van der Waals surface area contributed by atoms with Gasteiger partial charge >= 0.3 is 5.97 Å². The summed E-state index contributed by atoms with van der Waals surface area (Å²) in [5.41, 5.74) is 1.85. The molecule has 5 aromatic rings.